The van der Waals surface area contributed by atoms with Gasteiger partial charge in [-0.05, 0) is 0 Å². The minimum absolute atomic E-state index is 0.133. The molecule has 1 nitrogen and oxygen atoms in total. The van der Waals surface area contributed by atoms with Crippen molar-refractivity contribution in [1.29, 1.82) is 0 Å². The summed E-state index contributed by atoms with van der Waals surface area (Å²) in [5.41, 5.74) is 0.518. The van der Waals surface area contributed by atoms with Crippen LogP contribution in [0, 0.1) is 0 Å². The predicted octanol–water partition coefficient (Wildman–Crippen LogP) is -3.12. The highest BCUT2D eigenvalue weighted by Crippen LogP contribution is 2.54. The number of rotatable bonds is 2. The van der Waals surface area contributed by atoms with E-state index in [0.29, 0.717) is 5.72 Å². The molecular weight excluding hydrogens is 172 g/mol. The minimum Gasteiger partial charge on any atom is -0.386 e. The van der Waals surface area contributed by atoms with Crippen LogP contribution in [0.1, 0.15) is 0 Å². The first-order chi connectivity index (χ1) is 7.37. The van der Waals surface area contributed by atoms with Gasteiger partial charge in [0.05, 0.1) is 7.17 Å². The maximum absolute atomic E-state index is 5.26. The van der Waals surface area contributed by atoms with Gasteiger partial charge in [0.25, 0.3) is 0 Å². The Hall–Kier alpha value is 0.609. The van der Waals surface area contributed by atoms with Gasteiger partial charge < -0.3 is 4.74 Å². The Morgan fingerprint density at radius 2 is 1.67 bits per heavy atom. The molecule has 10 radical (unpaired) electrons. The largest absolute Gasteiger partial charge is 0.386 e. The molecule has 2 unspecified atom stereocenters. The molecule has 2 saturated heterocycles. The third-order valence-electron chi connectivity index (χ3n) is 2.79. The molecule has 2 aliphatic heterocycles. The van der Waals surface area contributed by atoms with Crippen molar-refractivity contribution in [2.24, 2.45) is 0 Å². The zero-order valence-corrected chi connectivity index (χ0v) is 8.97. The number of hydrogen-bond acceptors (Lipinski definition) is 1. The third kappa shape index (κ3) is 3.28. The second-order valence-corrected chi connectivity index (χ2v) is 3.94. The molecular formula is C4H6B10O. The van der Waals surface area contributed by atoms with Crippen LogP contribution in [0.25, 0.3) is 0 Å². The Morgan fingerprint density at radius 3 is 2.40 bits per heavy atom. The van der Waals surface area contributed by atoms with E-state index in [0.717, 1.165) is 6.61 Å². The Labute approximate surface area is 101 Å². The highest BCUT2D eigenvalue weighted by Gasteiger charge is 2.52. The van der Waals surface area contributed by atoms with Crippen LogP contribution in [0.2, 0.25) is 10.9 Å². The predicted molar refractivity (Wildman–Crippen MR) is 75.9 cm³/mol. The van der Waals surface area contributed by atoms with Gasteiger partial charge in [-0.2, -0.15) is 0 Å². The van der Waals surface area contributed by atoms with Crippen molar-refractivity contribution in [1.82, 2.24) is 0 Å². The normalized spacial score (nSPS) is 32.5. The Morgan fingerprint density at radius 1 is 1.00 bits per heavy atom. The Kier molecular flexibility index (Phi) is 4.67. The Balaban J connectivity index is 1.83. The smallest absolute Gasteiger partial charge is 0.101 e. The summed E-state index contributed by atoms with van der Waals surface area (Å²) in [4.78, 5) is 0. The van der Waals surface area contributed by atoms with Crippen molar-refractivity contribution in [2.75, 3.05) is 13.7 Å². The lowest BCUT2D eigenvalue weighted by molar-refractivity contribution is 0.196. The van der Waals surface area contributed by atoms with E-state index in [4.69, 9.17) is 4.74 Å². The molecule has 0 spiro atoms. The summed E-state index contributed by atoms with van der Waals surface area (Å²) in [6.45, 7) is 0.764. The second-order valence-electron chi connectivity index (χ2n) is 3.94. The van der Waals surface area contributed by atoms with Crippen molar-refractivity contribution in [3.63, 3.8) is 0 Å². The molecule has 58 valence electrons. The first-order valence-corrected chi connectivity index (χ1v) is 5.25. The molecule has 0 aromatic rings. The highest BCUT2D eigenvalue weighted by molar-refractivity contribution is 7.68. The zero-order valence-electron chi connectivity index (χ0n) is 8.97. The summed E-state index contributed by atoms with van der Waals surface area (Å²) in [6, 6.07) is 0. The van der Waals surface area contributed by atoms with Gasteiger partial charge in [0, 0.05) is 70.3 Å². The molecule has 0 N–H and O–H groups in total. The van der Waals surface area contributed by atoms with Crippen LogP contribution in [-0.2, 0) is 4.74 Å². The maximum atomic E-state index is 5.26. The Bertz CT molecular complexity index is 202. The van der Waals surface area contributed by atoms with Gasteiger partial charge in [-0.25, -0.2) is 0 Å². The molecule has 2 atom stereocenters. The van der Waals surface area contributed by atoms with Crippen LogP contribution >= 0.6 is 0 Å². The first-order valence-electron chi connectivity index (χ1n) is 5.25. The summed E-state index contributed by atoms with van der Waals surface area (Å²) in [6.07, 6.45) is 0. The lowest BCUT2D eigenvalue weighted by Crippen LogP contribution is -2.31. The van der Waals surface area contributed by atoms with Crippen LogP contribution in [0.4, 0.5) is 0 Å². The number of ether oxygens (including phenoxy) is 1. The molecule has 15 heavy (non-hydrogen) atoms. The average molecular weight is 178 g/mol. The van der Waals surface area contributed by atoms with Crippen molar-refractivity contribution in [3.05, 3.63) is 0 Å². The van der Waals surface area contributed by atoms with E-state index >= 15 is 0 Å². The van der Waals surface area contributed by atoms with Gasteiger partial charge in [-0.3, -0.25) is 0 Å². The van der Waals surface area contributed by atoms with Gasteiger partial charge >= 0.3 is 0 Å². The summed E-state index contributed by atoms with van der Waals surface area (Å²) >= 11 is 0. The molecule has 11 heteroatoms. The van der Waals surface area contributed by atoms with Crippen LogP contribution in [-0.4, -0.2) is 84.8 Å². The van der Waals surface area contributed by atoms with Crippen molar-refractivity contribution < 1.29 is 4.74 Å². The van der Waals surface area contributed by atoms with Crippen molar-refractivity contribution in [3.8, 4) is 0 Å². The number of methoxy groups -OCH3 is 1. The second kappa shape index (κ2) is 5.79. The van der Waals surface area contributed by atoms with Crippen molar-refractivity contribution >= 4 is 71.0 Å². The fourth-order valence-corrected chi connectivity index (χ4v) is 1.87. The molecule has 2 rings (SSSR count). The number of fused-ring (bicyclic) bond motifs is 1. The van der Waals surface area contributed by atoms with E-state index < -0.39 is 0 Å². The van der Waals surface area contributed by atoms with E-state index in [2.05, 4.69) is 49.9 Å². The van der Waals surface area contributed by atoms with Crippen LogP contribution in [0.3, 0.4) is 0 Å². The van der Waals surface area contributed by atoms with Gasteiger partial charge in [0.15, 0.2) is 0 Å². The van der Waals surface area contributed by atoms with Gasteiger partial charge in [-0.1, -0.05) is 5.21 Å². The van der Waals surface area contributed by atoms with Crippen LogP contribution in [0.15, 0.2) is 0 Å². The lowest BCUT2D eigenvalue weighted by atomic mass is 8.89. The fourth-order valence-electron chi connectivity index (χ4n) is 1.87. The maximum Gasteiger partial charge on any atom is 0.101 e. The number of hydrogen-bond donors (Lipinski definition) is 0. The molecule has 2 heterocycles. The lowest BCUT2D eigenvalue weighted by Gasteiger charge is -2.16. The standard InChI is InChI=1S/C4H6B10O/c1-15-2-4-3(5-4)6-8-10-12-14-13-11-9-7-4/h3H,2H2,1H3. The van der Waals surface area contributed by atoms with E-state index in [1.54, 1.807) is 7.11 Å². The first kappa shape index (κ1) is 12.1. The molecule has 0 saturated carbocycles. The molecule has 0 amide bonds. The highest BCUT2D eigenvalue weighted by atomic mass is 16.5. The van der Waals surface area contributed by atoms with Gasteiger partial charge in [-0.15, -0.1) is 5.72 Å². The molecule has 0 bridgehead atoms. The molecule has 0 aromatic heterocycles. The molecule has 2 aliphatic rings. The van der Waals surface area contributed by atoms with Crippen molar-refractivity contribution in [2.45, 2.75) is 10.9 Å². The third-order valence-corrected chi connectivity index (χ3v) is 2.79. The topological polar surface area (TPSA) is 9.23 Å². The van der Waals surface area contributed by atoms with E-state index in [9.17, 15) is 0 Å². The fraction of sp³-hybridized carbons (Fsp3) is 1.00. The monoisotopic (exact) mass is 180 g/mol. The van der Waals surface area contributed by atoms with Crippen LogP contribution < -0.4 is 0 Å². The summed E-state index contributed by atoms with van der Waals surface area (Å²) in [5.74, 6) is 0. The van der Waals surface area contributed by atoms with E-state index in [1.807, 2.05) is 21.2 Å². The molecule has 2 fully saturated rings. The average Bonchev–Trinajstić information content (AvgIpc) is 2.89. The SMILES string of the molecule is COCC12[B][B][B][B][B][B][B][B][B]C1[B]2. The van der Waals surface area contributed by atoms with E-state index in [1.165, 1.54) is 0 Å². The minimum atomic E-state index is 0.133. The molecule has 0 aliphatic carbocycles. The van der Waals surface area contributed by atoms with Gasteiger partial charge in [0.2, 0.25) is 0 Å². The summed E-state index contributed by atoms with van der Waals surface area (Å²) in [7, 11) is 22.9. The van der Waals surface area contributed by atoms with Gasteiger partial charge in [0.1, 0.15) is 7.28 Å². The summed E-state index contributed by atoms with van der Waals surface area (Å²) < 4.78 is 5.26. The van der Waals surface area contributed by atoms with Crippen LogP contribution in [0.5, 0.6) is 0 Å². The van der Waals surface area contributed by atoms with E-state index in [-0.39, 0.29) is 5.21 Å². The molecule has 0 aromatic carbocycles. The summed E-state index contributed by atoms with van der Waals surface area (Å²) in [5, 5.41) is 0.133. The zero-order chi connectivity index (χ0) is 10.6. The quantitative estimate of drug-likeness (QED) is 0.407.